The van der Waals surface area contributed by atoms with Gasteiger partial charge in [0.2, 0.25) is 0 Å². The molecule has 1 unspecified atom stereocenters. The van der Waals surface area contributed by atoms with E-state index in [9.17, 15) is 15.3 Å². The van der Waals surface area contributed by atoms with E-state index in [2.05, 4.69) is 25.1 Å². The standard InChI is InChI=1S/C24H31NO4/c1-4-18-10-21(13-26)24(22(11-18)14-27)29-16-20-7-5-19(6-8-20)12-25-23(15-28)9-17(2)3/h1,5-8,10-11,17,23,25-28H,9,12-16H2,2-3H3. The van der Waals surface area contributed by atoms with Crippen LogP contribution in [0.15, 0.2) is 36.4 Å². The lowest BCUT2D eigenvalue weighted by atomic mass is 10.0. The molecule has 0 saturated carbocycles. The molecule has 0 heterocycles. The van der Waals surface area contributed by atoms with Crippen molar-refractivity contribution in [3.05, 3.63) is 64.2 Å². The molecule has 5 nitrogen and oxygen atoms in total. The van der Waals surface area contributed by atoms with Crippen LogP contribution >= 0.6 is 0 Å². The highest BCUT2D eigenvalue weighted by Gasteiger charge is 2.12. The Morgan fingerprint density at radius 1 is 1.00 bits per heavy atom. The molecular weight excluding hydrogens is 366 g/mol. The third-order valence-corrected chi connectivity index (χ3v) is 4.73. The zero-order chi connectivity index (χ0) is 21.2. The van der Waals surface area contributed by atoms with Crippen molar-refractivity contribution in [2.45, 2.75) is 52.7 Å². The van der Waals surface area contributed by atoms with Gasteiger partial charge in [0, 0.05) is 29.3 Å². The number of hydrogen-bond acceptors (Lipinski definition) is 5. The second-order valence-electron chi connectivity index (χ2n) is 7.58. The van der Waals surface area contributed by atoms with Crippen LogP contribution in [0, 0.1) is 18.3 Å². The Morgan fingerprint density at radius 3 is 2.07 bits per heavy atom. The number of aliphatic hydroxyl groups is 3. The largest absolute Gasteiger partial charge is 0.488 e. The lowest BCUT2D eigenvalue weighted by molar-refractivity contribution is 0.223. The zero-order valence-electron chi connectivity index (χ0n) is 17.2. The van der Waals surface area contributed by atoms with Gasteiger partial charge in [-0.25, -0.2) is 0 Å². The summed E-state index contributed by atoms with van der Waals surface area (Å²) in [4.78, 5) is 0. The fourth-order valence-electron chi connectivity index (χ4n) is 3.22. The molecule has 2 aromatic rings. The molecule has 0 saturated heterocycles. The summed E-state index contributed by atoms with van der Waals surface area (Å²) in [7, 11) is 0. The van der Waals surface area contributed by atoms with Crippen LogP contribution < -0.4 is 10.1 Å². The van der Waals surface area contributed by atoms with Crippen LogP contribution in [0.1, 0.15) is 48.1 Å². The molecule has 0 amide bonds. The minimum atomic E-state index is -0.217. The Morgan fingerprint density at radius 2 is 1.59 bits per heavy atom. The molecule has 2 aromatic carbocycles. The summed E-state index contributed by atoms with van der Waals surface area (Å²) in [6.07, 6.45) is 6.36. The summed E-state index contributed by atoms with van der Waals surface area (Å²) in [6, 6.07) is 11.5. The molecule has 0 bridgehead atoms. The van der Waals surface area contributed by atoms with Crippen LogP contribution in [0.2, 0.25) is 0 Å². The van der Waals surface area contributed by atoms with Crippen LogP contribution in [-0.2, 0) is 26.4 Å². The Balaban J connectivity index is 2.00. The summed E-state index contributed by atoms with van der Waals surface area (Å²) in [5.41, 5.74) is 3.82. The molecule has 2 rings (SSSR count). The first-order valence-corrected chi connectivity index (χ1v) is 9.89. The van der Waals surface area contributed by atoms with E-state index in [4.69, 9.17) is 11.2 Å². The predicted octanol–water partition coefficient (Wildman–Crippen LogP) is 2.73. The van der Waals surface area contributed by atoms with Gasteiger partial charge in [0.05, 0.1) is 19.8 Å². The van der Waals surface area contributed by atoms with Gasteiger partial charge in [0.15, 0.2) is 0 Å². The molecule has 0 spiro atoms. The van der Waals surface area contributed by atoms with E-state index in [1.165, 1.54) is 0 Å². The zero-order valence-corrected chi connectivity index (χ0v) is 17.2. The molecule has 0 radical (unpaired) electrons. The number of nitrogens with one attached hydrogen (secondary N) is 1. The normalized spacial score (nSPS) is 12.0. The van der Waals surface area contributed by atoms with Crippen molar-refractivity contribution < 1.29 is 20.1 Å². The van der Waals surface area contributed by atoms with E-state index in [1.807, 2.05) is 24.3 Å². The smallest absolute Gasteiger partial charge is 0.130 e. The van der Waals surface area contributed by atoms with Crippen LogP contribution in [0.3, 0.4) is 0 Å². The Hall–Kier alpha value is -2.36. The van der Waals surface area contributed by atoms with Crippen molar-refractivity contribution >= 4 is 0 Å². The minimum absolute atomic E-state index is 0.0952. The Kier molecular flexibility index (Phi) is 9.17. The molecule has 0 fully saturated rings. The maximum Gasteiger partial charge on any atom is 0.130 e. The van der Waals surface area contributed by atoms with Crippen molar-refractivity contribution in [1.82, 2.24) is 5.32 Å². The summed E-state index contributed by atoms with van der Waals surface area (Å²) in [6.45, 7) is 4.98. The first-order chi connectivity index (χ1) is 14.0. The van der Waals surface area contributed by atoms with Gasteiger partial charge < -0.3 is 25.4 Å². The van der Waals surface area contributed by atoms with E-state index in [0.717, 1.165) is 17.5 Å². The average molecular weight is 398 g/mol. The van der Waals surface area contributed by atoms with Gasteiger partial charge in [-0.2, -0.15) is 0 Å². The highest BCUT2D eigenvalue weighted by Crippen LogP contribution is 2.27. The van der Waals surface area contributed by atoms with E-state index in [-0.39, 0.29) is 25.9 Å². The van der Waals surface area contributed by atoms with Gasteiger partial charge in [0.25, 0.3) is 0 Å². The highest BCUT2D eigenvalue weighted by molar-refractivity contribution is 5.49. The van der Waals surface area contributed by atoms with Gasteiger partial charge >= 0.3 is 0 Å². The van der Waals surface area contributed by atoms with E-state index >= 15 is 0 Å². The van der Waals surface area contributed by atoms with Gasteiger partial charge in [-0.05, 0) is 35.6 Å². The fraction of sp³-hybridized carbons (Fsp3) is 0.417. The van der Waals surface area contributed by atoms with E-state index in [1.54, 1.807) is 12.1 Å². The topological polar surface area (TPSA) is 82.0 Å². The summed E-state index contributed by atoms with van der Waals surface area (Å²) >= 11 is 0. The number of aliphatic hydroxyl groups excluding tert-OH is 3. The molecule has 1 atom stereocenters. The summed E-state index contributed by atoms with van der Waals surface area (Å²) in [5, 5.41) is 32.1. The molecule has 4 N–H and O–H groups in total. The molecule has 5 heteroatoms. The minimum Gasteiger partial charge on any atom is -0.488 e. The van der Waals surface area contributed by atoms with Crippen LogP contribution in [0.4, 0.5) is 0 Å². The molecule has 29 heavy (non-hydrogen) atoms. The van der Waals surface area contributed by atoms with Crippen LogP contribution in [-0.4, -0.2) is 28.0 Å². The van der Waals surface area contributed by atoms with Gasteiger partial charge in [-0.3, -0.25) is 0 Å². The number of rotatable bonds is 11. The van der Waals surface area contributed by atoms with Crippen molar-refractivity contribution in [3.63, 3.8) is 0 Å². The highest BCUT2D eigenvalue weighted by atomic mass is 16.5. The van der Waals surface area contributed by atoms with Crippen molar-refractivity contribution in [1.29, 1.82) is 0 Å². The molecule has 0 aliphatic rings. The molecule has 0 aromatic heterocycles. The van der Waals surface area contributed by atoms with Crippen molar-refractivity contribution in [2.24, 2.45) is 5.92 Å². The summed E-state index contributed by atoms with van der Waals surface area (Å²) in [5.74, 6) is 3.52. The van der Waals surface area contributed by atoms with Crippen LogP contribution in [0.25, 0.3) is 0 Å². The first kappa shape index (κ1) is 22.9. The molecule has 0 aliphatic carbocycles. The van der Waals surface area contributed by atoms with E-state index < -0.39 is 0 Å². The lowest BCUT2D eigenvalue weighted by Crippen LogP contribution is -2.33. The Labute approximate surface area is 173 Å². The monoisotopic (exact) mass is 397 g/mol. The summed E-state index contributed by atoms with van der Waals surface area (Å²) < 4.78 is 5.90. The Bertz CT molecular complexity index is 784. The van der Waals surface area contributed by atoms with Crippen molar-refractivity contribution in [3.8, 4) is 18.1 Å². The number of ether oxygens (including phenoxy) is 1. The van der Waals surface area contributed by atoms with Gasteiger partial charge in [0.1, 0.15) is 12.4 Å². The quantitative estimate of drug-likeness (QED) is 0.439. The second-order valence-corrected chi connectivity index (χ2v) is 7.58. The van der Waals surface area contributed by atoms with E-state index in [0.29, 0.717) is 41.5 Å². The van der Waals surface area contributed by atoms with Gasteiger partial charge in [-0.1, -0.05) is 44.0 Å². The molecular formula is C24H31NO4. The lowest BCUT2D eigenvalue weighted by Gasteiger charge is -2.18. The third kappa shape index (κ3) is 6.88. The maximum atomic E-state index is 9.62. The molecule has 156 valence electrons. The number of terminal acetylenes is 1. The fourth-order valence-corrected chi connectivity index (χ4v) is 3.22. The number of hydrogen-bond donors (Lipinski definition) is 4. The average Bonchev–Trinajstić information content (AvgIpc) is 2.74. The third-order valence-electron chi connectivity index (χ3n) is 4.73. The van der Waals surface area contributed by atoms with Gasteiger partial charge in [-0.15, -0.1) is 6.42 Å². The molecule has 0 aliphatic heterocycles. The second kappa shape index (κ2) is 11.6. The maximum absolute atomic E-state index is 9.62. The van der Waals surface area contributed by atoms with Crippen LogP contribution in [0.5, 0.6) is 5.75 Å². The predicted molar refractivity (Wildman–Crippen MR) is 114 cm³/mol. The first-order valence-electron chi connectivity index (χ1n) is 9.89. The number of benzene rings is 2. The van der Waals surface area contributed by atoms with Crippen molar-refractivity contribution in [2.75, 3.05) is 6.61 Å². The SMILES string of the molecule is C#Cc1cc(CO)c(OCc2ccc(CNC(CO)CC(C)C)cc2)c(CO)c1.